The normalized spacial score (nSPS) is 11.1. The van der Waals surface area contributed by atoms with Crippen molar-refractivity contribution < 1.29 is 9.13 Å². The Kier molecular flexibility index (Phi) is 4.08. The Hall–Kier alpha value is -2.93. The Morgan fingerprint density at radius 2 is 1.73 bits per heavy atom. The van der Waals surface area contributed by atoms with E-state index >= 15 is 4.39 Å². The second-order valence-corrected chi connectivity index (χ2v) is 6.74. The minimum Gasteiger partial charge on any atom is -0.434 e. The van der Waals surface area contributed by atoms with Gasteiger partial charge in [-0.15, -0.1) is 11.3 Å². The topological polar surface area (TPSA) is 60.8 Å². The summed E-state index contributed by atoms with van der Waals surface area (Å²) in [6, 6.07) is 5.24. The zero-order valence-corrected chi connectivity index (χ0v) is 15.3. The van der Waals surface area contributed by atoms with E-state index in [1.807, 2.05) is 19.9 Å². The van der Waals surface area contributed by atoms with E-state index in [4.69, 9.17) is 4.74 Å². The highest BCUT2D eigenvalue weighted by atomic mass is 32.1. The third-order valence-electron chi connectivity index (χ3n) is 4.27. The molecule has 7 heteroatoms. The first-order valence-corrected chi connectivity index (χ1v) is 8.88. The van der Waals surface area contributed by atoms with Crippen LogP contribution in [-0.2, 0) is 0 Å². The van der Waals surface area contributed by atoms with Crippen LogP contribution in [0.15, 0.2) is 36.2 Å². The minimum atomic E-state index is -0.423. The van der Waals surface area contributed by atoms with Gasteiger partial charge in [0, 0.05) is 23.1 Å². The molecule has 5 nitrogen and oxygen atoms in total. The number of halogens is 1. The zero-order valence-electron chi connectivity index (χ0n) is 14.4. The summed E-state index contributed by atoms with van der Waals surface area (Å²) in [7, 11) is 0. The molecule has 0 saturated carbocycles. The fraction of sp³-hybridized carbons (Fsp3) is 0.158. The van der Waals surface area contributed by atoms with E-state index < -0.39 is 5.82 Å². The molecule has 0 aliphatic rings. The highest BCUT2D eigenvalue weighted by molar-refractivity contribution is 7.17. The van der Waals surface area contributed by atoms with Crippen molar-refractivity contribution in [3.8, 4) is 22.8 Å². The highest BCUT2D eigenvalue weighted by Crippen LogP contribution is 2.36. The molecule has 0 fully saturated rings. The van der Waals surface area contributed by atoms with Crippen LogP contribution in [0.4, 0.5) is 4.39 Å². The maximum absolute atomic E-state index is 15.0. The molecule has 0 radical (unpaired) electrons. The van der Waals surface area contributed by atoms with Gasteiger partial charge in [0.05, 0.1) is 11.0 Å². The predicted octanol–water partition coefficient (Wildman–Crippen LogP) is 5.00. The van der Waals surface area contributed by atoms with Gasteiger partial charge in [-0.05, 0) is 44.0 Å². The molecule has 3 heterocycles. The van der Waals surface area contributed by atoms with Crippen molar-refractivity contribution in [1.82, 2.24) is 19.9 Å². The SMILES string of the molecule is Cc1ncnc(C)c1-c1ccc(Oc2nccc3ncsc23)c(F)c1C. The molecule has 0 unspecified atom stereocenters. The van der Waals surface area contributed by atoms with Crippen LogP contribution < -0.4 is 4.74 Å². The Bertz CT molecular complexity index is 1110. The van der Waals surface area contributed by atoms with Crippen molar-refractivity contribution in [2.24, 2.45) is 0 Å². The second kappa shape index (κ2) is 6.42. The van der Waals surface area contributed by atoms with Gasteiger partial charge < -0.3 is 4.74 Å². The molecule has 1 aromatic carbocycles. The van der Waals surface area contributed by atoms with E-state index in [0.29, 0.717) is 11.4 Å². The van der Waals surface area contributed by atoms with E-state index in [-0.39, 0.29) is 5.75 Å². The Balaban J connectivity index is 1.79. The number of ether oxygens (including phenoxy) is 1. The molecule has 4 aromatic rings. The standard InChI is InChI=1S/C19H15FN4OS/c1-10-13(16-11(2)22-8-23-12(16)3)4-5-15(17(10)20)25-19-18-14(6-7-21-19)24-9-26-18/h4-9H,1-3H3. The summed E-state index contributed by atoms with van der Waals surface area (Å²) in [6.07, 6.45) is 3.11. The Labute approximate surface area is 153 Å². The molecule has 0 aliphatic carbocycles. The van der Waals surface area contributed by atoms with Crippen molar-refractivity contribution in [3.63, 3.8) is 0 Å². The lowest BCUT2D eigenvalue weighted by Gasteiger charge is -2.14. The zero-order chi connectivity index (χ0) is 18.3. The molecular weight excluding hydrogens is 351 g/mol. The number of pyridine rings is 1. The van der Waals surface area contributed by atoms with Crippen molar-refractivity contribution in [1.29, 1.82) is 0 Å². The van der Waals surface area contributed by atoms with Crippen molar-refractivity contribution >= 4 is 21.6 Å². The van der Waals surface area contributed by atoms with Gasteiger partial charge in [0.15, 0.2) is 11.6 Å². The van der Waals surface area contributed by atoms with Crippen LogP contribution in [0, 0.1) is 26.6 Å². The molecule has 0 spiro atoms. The molecule has 0 saturated heterocycles. The third kappa shape index (κ3) is 2.70. The number of nitrogens with zero attached hydrogens (tertiary/aromatic N) is 4. The van der Waals surface area contributed by atoms with Crippen LogP contribution in [0.1, 0.15) is 17.0 Å². The van der Waals surface area contributed by atoms with E-state index in [1.165, 1.54) is 17.7 Å². The number of hydrogen-bond donors (Lipinski definition) is 0. The van der Waals surface area contributed by atoms with Crippen LogP contribution in [0.25, 0.3) is 21.3 Å². The monoisotopic (exact) mass is 366 g/mol. The number of fused-ring (bicyclic) bond motifs is 1. The first-order valence-electron chi connectivity index (χ1n) is 8.00. The van der Waals surface area contributed by atoms with Gasteiger partial charge in [0.25, 0.3) is 0 Å². The van der Waals surface area contributed by atoms with Crippen molar-refractivity contribution in [2.45, 2.75) is 20.8 Å². The molecule has 0 N–H and O–H groups in total. The second-order valence-electron chi connectivity index (χ2n) is 5.89. The summed E-state index contributed by atoms with van der Waals surface area (Å²) in [5.74, 6) is 0.0618. The number of aryl methyl sites for hydroxylation is 2. The molecule has 0 bridgehead atoms. The summed E-state index contributed by atoms with van der Waals surface area (Å²) >= 11 is 1.41. The Morgan fingerprint density at radius 1 is 0.962 bits per heavy atom. The number of aromatic nitrogens is 4. The summed E-state index contributed by atoms with van der Waals surface area (Å²) in [5.41, 5.74) is 6.20. The Morgan fingerprint density at radius 3 is 2.50 bits per heavy atom. The first kappa shape index (κ1) is 16.5. The van der Waals surface area contributed by atoms with Crippen molar-refractivity contribution in [2.75, 3.05) is 0 Å². The van der Waals surface area contributed by atoms with Gasteiger partial charge in [0.1, 0.15) is 11.0 Å². The number of benzene rings is 1. The van der Waals surface area contributed by atoms with E-state index in [0.717, 1.165) is 32.7 Å². The molecule has 130 valence electrons. The minimum absolute atomic E-state index is 0.131. The van der Waals surface area contributed by atoms with Gasteiger partial charge in [-0.2, -0.15) is 0 Å². The molecule has 0 amide bonds. The van der Waals surface area contributed by atoms with Crippen LogP contribution in [-0.4, -0.2) is 19.9 Å². The van der Waals surface area contributed by atoms with Gasteiger partial charge in [-0.3, -0.25) is 0 Å². The van der Waals surface area contributed by atoms with Crippen LogP contribution in [0.3, 0.4) is 0 Å². The maximum Gasteiger partial charge on any atom is 0.239 e. The lowest BCUT2D eigenvalue weighted by molar-refractivity contribution is 0.431. The summed E-state index contributed by atoms with van der Waals surface area (Å²) in [5, 5.41) is 0. The van der Waals surface area contributed by atoms with Gasteiger partial charge in [-0.1, -0.05) is 6.07 Å². The smallest absolute Gasteiger partial charge is 0.239 e. The summed E-state index contributed by atoms with van der Waals surface area (Å²) < 4.78 is 21.6. The lowest BCUT2D eigenvalue weighted by Crippen LogP contribution is -1.99. The van der Waals surface area contributed by atoms with Crippen molar-refractivity contribution in [3.05, 3.63) is 59.0 Å². The van der Waals surface area contributed by atoms with Crippen LogP contribution in [0.2, 0.25) is 0 Å². The molecule has 4 rings (SSSR count). The fourth-order valence-corrected chi connectivity index (χ4v) is 3.65. The van der Waals surface area contributed by atoms with Gasteiger partial charge in [0.2, 0.25) is 5.88 Å². The maximum atomic E-state index is 15.0. The predicted molar refractivity (Wildman–Crippen MR) is 99.1 cm³/mol. The molecule has 26 heavy (non-hydrogen) atoms. The van der Waals surface area contributed by atoms with Gasteiger partial charge >= 0.3 is 0 Å². The molecule has 0 aliphatic heterocycles. The van der Waals surface area contributed by atoms with Gasteiger partial charge in [-0.25, -0.2) is 24.3 Å². The summed E-state index contributed by atoms with van der Waals surface area (Å²) in [4.78, 5) is 16.9. The fourth-order valence-electron chi connectivity index (χ4n) is 2.94. The van der Waals surface area contributed by atoms with Crippen LogP contribution in [0.5, 0.6) is 11.6 Å². The lowest BCUT2D eigenvalue weighted by atomic mass is 9.97. The number of rotatable bonds is 3. The first-order chi connectivity index (χ1) is 12.6. The third-order valence-corrected chi connectivity index (χ3v) is 5.10. The van der Waals surface area contributed by atoms with Crippen LogP contribution >= 0.6 is 11.3 Å². The molecular formula is C19H15FN4OS. The van der Waals surface area contributed by atoms with E-state index in [2.05, 4.69) is 19.9 Å². The molecule has 0 atom stereocenters. The summed E-state index contributed by atoms with van der Waals surface area (Å²) in [6.45, 7) is 5.50. The molecule has 3 aromatic heterocycles. The number of thiazole rings is 1. The quantitative estimate of drug-likeness (QED) is 0.510. The average Bonchev–Trinajstić information content (AvgIpc) is 3.10. The largest absolute Gasteiger partial charge is 0.434 e. The highest BCUT2D eigenvalue weighted by Gasteiger charge is 2.18. The van der Waals surface area contributed by atoms with E-state index in [9.17, 15) is 0 Å². The number of hydrogen-bond acceptors (Lipinski definition) is 6. The van der Waals surface area contributed by atoms with E-state index in [1.54, 1.807) is 30.8 Å². The average molecular weight is 366 g/mol.